The number of nitrogens with zero attached hydrogens (tertiary/aromatic N) is 1. The van der Waals surface area contributed by atoms with Crippen LogP contribution in [0.25, 0.3) is 0 Å². The fourth-order valence-electron chi connectivity index (χ4n) is 0.693. The van der Waals surface area contributed by atoms with E-state index in [1.54, 1.807) is 0 Å². The molecule has 0 aromatic heterocycles. The van der Waals surface area contributed by atoms with Crippen LogP contribution in [-0.4, -0.2) is 36.0 Å². The molecule has 0 aliphatic carbocycles. The number of alkyl halides is 1. The Hall–Kier alpha value is 0.640. The first-order valence-electron chi connectivity index (χ1n) is 2.58. The zero-order valence-corrected chi connectivity index (χ0v) is 8.02. The first-order valence-corrected chi connectivity index (χ1v) is 5.96. The number of hydrogen-bond acceptors (Lipinski definition) is 2. The summed E-state index contributed by atoms with van der Waals surface area (Å²) in [6, 6.07) is 0.292. The van der Waals surface area contributed by atoms with Crippen molar-refractivity contribution in [3.8, 4) is 0 Å². The number of rotatable bonds is 2. The summed E-state index contributed by atoms with van der Waals surface area (Å²) in [4.78, 5) is 0. The molecule has 0 bridgehead atoms. The molecule has 1 aliphatic rings. The zero-order valence-electron chi connectivity index (χ0n) is 5.04. The van der Waals surface area contributed by atoms with Gasteiger partial charge in [-0.3, -0.25) is 0 Å². The van der Waals surface area contributed by atoms with Crippen LogP contribution in [0, 0.1) is 0 Å². The summed E-state index contributed by atoms with van der Waals surface area (Å²) in [6.07, 6.45) is 1.25. The molecule has 5 heteroatoms. The van der Waals surface area contributed by atoms with Crippen molar-refractivity contribution in [2.75, 3.05) is 17.2 Å². The Morgan fingerprint density at radius 3 is 2.44 bits per heavy atom. The predicted octanol–water partition coefficient (Wildman–Crippen LogP) is 0.0652. The van der Waals surface area contributed by atoms with E-state index in [9.17, 15) is 8.42 Å². The molecule has 3 nitrogen and oxygen atoms in total. The highest BCUT2D eigenvalue weighted by Crippen LogP contribution is 2.22. The molecular weight excluding hydrogens is 253 g/mol. The Kier molecular flexibility index (Phi) is 2.02. The van der Waals surface area contributed by atoms with Gasteiger partial charge in [0.2, 0.25) is 10.0 Å². The van der Waals surface area contributed by atoms with Gasteiger partial charge >= 0.3 is 0 Å². The molecule has 1 rings (SSSR count). The third kappa shape index (κ3) is 1.78. The van der Waals surface area contributed by atoms with Crippen LogP contribution in [-0.2, 0) is 10.0 Å². The first-order chi connectivity index (χ1) is 4.05. The predicted molar refractivity (Wildman–Crippen MR) is 44.2 cm³/mol. The first kappa shape index (κ1) is 7.74. The second-order valence-electron chi connectivity index (χ2n) is 2.14. The minimum atomic E-state index is -2.86. The zero-order chi connectivity index (χ0) is 7.07. The molecule has 0 spiro atoms. The van der Waals surface area contributed by atoms with Crippen molar-refractivity contribution >= 4 is 32.6 Å². The van der Waals surface area contributed by atoms with Crippen LogP contribution in [0.4, 0.5) is 0 Å². The Labute approximate surface area is 68.6 Å². The minimum absolute atomic E-state index is 0.292. The summed E-state index contributed by atoms with van der Waals surface area (Å²) in [5, 5.41) is 0. The van der Waals surface area contributed by atoms with E-state index in [0.717, 1.165) is 11.0 Å². The van der Waals surface area contributed by atoms with Crippen LogP contribution in [0.5, 0.6) is 0 Å². The van der Waals surface area contributed by atoms with E-state index in [4.69, 9.17) is 0 Å². The monoisotopic (exact) mass is 261 g/mol. The van der Waals surface area contributed by atoms with E-state index in [0.29, 0.717) is 6.04 Å². The Morgan fingerprint density at radius 2 is 2.33 bits per heavy atom. The molecule has 9 heavy (non-hydrogen) atoms. The second-order valence-corrected chi connectivity index (χ2v) is 4.96. The Balaban J connectivity index is 2.53. The lowest BCUT2D eigenvalue weighted by atomic mass is 10.6. The fraction of sp³-hybridized carbons (Fsp3) is 1.00. The van der Waals surface area contributed by atoms with Crippen molar-refractivity contribution in [1.82, 2.24) is 4.31 Å². The molecule has 0 aromatic rings. The molecule has 1 aliphatic heterocycles. The molecule has 0 saturated carbocycles. The highest BCUT2D eigenvalue weighted by molar-refractivity contribution is 14.1. The topological polar surface area (TPSA) is 37.1 Å². The van der Waals surface area contributed by atoms with Gasteiger partial charge in [0.15, 0.2) is 0 Å². The molecule has 0 N–H and O–H groups in total. The van der Waals surface area contributed by atoms with Crippen LogP contribution in [0.3, 0.4) is 0 Å². The smallest absolute Gasteiger partial charge is 0.211 e. The number of sulfonamides is 1. The van der Waals surface area contributed by atoms with Crippen molar-refractivity contribution in [3.05, 3.63) is 0 Å². The lowest BCUT2D eigenvalue weighted by molar-refractivity contribution is 0.563. The maximum absolute atomic E-state index is 10.7. The molecule has 2 atom stereocenters. The van der Waals surface area contributed by atoms with Gasteiger partial charge in [0, 0.05) is 17.0 Å². The van der Waals surface area contributed by atoms with Crippen molar-refractivity contribution in [2.45, 2.75) is 6.04 Å². The van der Waals surface area contributed by atoms with Crippen molar-refractivity contribution < 1.29 is 8.42 Å². The highest BCUT2D eigenvalue weighted by atomic mass is 127. The van der Waals surface area contributed by atoms with E-state index in [2.05, 4.69) is 22.6 Å². The molecule has 0 radical (unpaired) electrons. The molecule has 0 aromatic carbocycles. The number of halogens is 1. The maximum Gasteiger partial charge on any atom is 0.211 e. The summed E-state index contributed by atoms with van der Waals surface area (Å²) < 4.78 is 23.8. The van der Waals surface area contributed by atoms with Crippen LogP contribution in [0.1, 0.15) is 0 Å². The van der Waals surface area contributed by atoms with E-state index < -0.39 is 10.0 Å². The van der Waals surface area contributed by atoms with Crippen molar-refractivity contribution in [2.24, 2.45) is 0 Å². The summed E-state index contributed by atoms with van der Waals surface area (Å²) in [5.41, 5.74) is 0. The van der Waals surface area contributed by atoms with E-state index >= 15 is 0 Å². The Bertz CT molecular complexity index is 201. The number of hydrogen-bond donors (Lipinski definition) is 0. The van der Waals surface area contributed by atoms with E-state index in [1.165, 1.54) is 10.6 Å². The van der Waals surface area contributed by atoms with Crippen LogP contribution >= 0.6 is 22.6 Å². The van der Waals surface area contributed by atoms with Gasteiger partial charge < -0.3 is 0 Å². The molecule has 1 heterocycles. The van der Waals surface area contributed by atoms with Gasteiger partial charge in [0.05, 0.1) is 6.26 Å². The largest absolute Gasteiger partial charge is 0.212 e. The van der Waals surface area contributed by atoms with Gasteiger partial charge in [-0.25, -0.2) is 8.42 Å². The third-order valence-corrected chi connectivity index (χ3v) is 3.58. The molecule has 2 unspecified atom stereocenters. The molecule has 1 fully saturated rings. The lowest BCUT2D eigenvalue weighted by Crippen LogP contribution is -2.11. The van der Waals surface area contributed by atoms with Gasteiger partial charge in [0.1, 0.15) is 0 Å². The van der Waals surface area contributed by atoms with Gasteiger partial charge in [-0.2, -0.15) is 4.31 Å². The van der Waals surface area contributed by atoms with E-state index in [1.807, 2.05) is 0 Å². The summed E-state index contributed by atoms with van der Waals surface area (Å²) in [6.45, 7) is 0.724. The van der Waals surface area contributed by atoms with Crippen molar-refractivity contribution in [1.29, 1.82) is 0 Å². The Morgan fingerprint density at radius 1 is 1.78 bits per heavy atom. The second kappa shape index (κ2) is 2.35. The lowest BCUT2D eigenvalue weighted by Gasteiger charge is -1.94. The van der Waals surface area contributed by atoms with Crippen LogP contribution in [0.15, 0.2) is 0 Å². The van der Waals surface area contributed by atoms with Gasteiger partial charge in [-0.15, -0.1) is 0 Å². The SMILES string of the molecule is CS(=O)(=O)N1CC1CI. The standard InChI is InChI=1S/C4H8INO2S/c1-9(7,8)6-3-4(6)2-5/h4H,2-3H2,1H3. The average molecular weight is 261 g/mol. The highest BCUT2D eigenvalue weighted by Gasteiger charge is 2.40. The van der Waals surface area contributed by atoms with Gasteiger partial charge in [0.25, 0.3) is 0 Å². The quantitative estimate of drug-likeness (QED) is 0.400. The van der Waals surface area contributed by atoms with Crippen molar-refractivity contribution in [3.63, 3.8) is 0 Å². The molecule has 54 valence electrons. The maximum atomic E-state index is 10.7. The summed E-state index contributed by atoms with van der Waals surface area (Å²) in [7, 11) is -2.86. The molecule has 0 amide bonds. The minimum Gasteiger partial charge on any atom is -0.212 e. The van der Waals surface area contributed by atoms with Crippen LogP contribution in [0.2, 0.25) is 0 Å². The molecular formula is C4H8INO2S. The third-order valence-electron chi connectivity index (χ3n) is 1.27. The van der Waals surface area contributed by atoms with Gasteiger partial charge in [-0.05, 0) is 0 Å². The summed E-state index contributed by atoms with van der Waals surface area (Å²) >= 11 is 2.19. The van der Waals surface area contributed by atoms with E-state index in [-0.39, 0.29) is 0 Å². The summed E-state index contributed by atoms with van der Waals surface area (Å²) in [5.74, 6) is 0. The average Bonchev–Trinajstić information content (AvgIpc) is 2.39. The molecule has 1 saturated heterocycles. The van der Waals surface area contributed by atoms with Gasteiger partial charge in [-0.1, -0.05) is 22.6 Å². The van der Waals surface area contributed by atoms with Crippen LogP contribution < -0.4 is 0 Å². The fourth-order valence-corrected chi connectivity index (χ4v) is 2.77. The normalized spacial score (nSPS) is 34.4.